The normalized spacial score (nSPS) is 20.3. The number of allylic oxidation sites excluding steroid dienone is 1. The number of fused-ring (bicyclic) bond motifs is 1. The van der Waals surface area contributed by atoms with E-state index in [1.807, 2.05) is 24.3 Å². The van der Waals surface area contributed by atoms with E-state index in [1.165, 1.54) is 11.1 Å². The van der Waals surface area contributed by atoms with Crippen LogP contribution in [0.2, 0.25) is 0 Å². The lowest BCUT2D eigenvalue weighted by Gasteiger charge is -2.34. The number of hydrogen-bond acceptors (Lipinski definition) is 5. The van der Waals surface area contributed by atoms with Gasteiger partial charge in [-0.2, -0.15) is 10.5 Å². The van der Waals surface area contributed by atoms with Crippen molar-refractivity contribution in [1.29, 1.82) is 10.5 Å². The van der Waals surface area contributed by atoms with Crippen molar-refractivity contribution in [3.63, 3.8) is 0 Å². The molecule has 0 saturated heterocycles. The molecule has 1 aliphatic heterocycles. The van der Waals surface area contributed by atoms with E-state index in [0.29, 0.717) is 10.6 Å². The van der Waals surface area contributed by atoms with E-state index >= 15 is 0 Å². The van der Waals surface area contributed by atoms with Gasteiger partial charge in [0.15, 0.2) is 0 Å². The molecule has 0 fully saturated rings. The fourth-order valence-corrected chi connectivity index (χ4v) is 4.49. The summed E-state index contributed by atoms with van der Waals surface area (Å²) in [5, 5.41) is 24.6. The van der Waals surface area contributed by atoms with Gasteiger partial charge in [-0.3, -0.25) is 9.59 Å². The first-order valence-corrected chi connectivity index (χ1v) is 9.75. The van der Waals surface area contributed by atoms with Gasteiger partial charge in [-0.15, -0.1) is 0 Å². The summed E-state index contributed by atoms with van der Waals surface area (Å²) in [5.41, 5.74) is 2.80. The average molecular weight is 380 g/mol. The van der Waals surface area contributed by atoms with Crippen LogP contribution in [0.5, 0.6) is 0 Å². The predicted octanol–water partition coefficient (Wildman–Crippen LogP) is 2.88. The van der Waals surface area contributed by atoms with Gasteiger partial charge in [0.1, 0.15) is 5.92 Å². The molecule has 3 rings (SSSR count). The van der Waals surface area contributed by atoms with Crippen molar-refractivity contribution < 1.29 is 9.59 Å². The Hall–Kier alpha value is -2.77. The van der Waals surface area contributed by atoms with Crippen LogP contribution in [0.15, 0.2) is 28.8 Å². The standard InChI is InChI=1S/C20H20N4O2S/c1-20(2)15(9-21)18(26)24-19(16(20)10-22)27-11-17(25)23-14-7-6-12-4-3-5-13(12)8-14/h6-8,15H,3-5,11H2,1-2H3,(H,23,25)(H,24,26)/t15-/m1/s1. The third kappa shape index (κ3) is 3.70. The zero-order chi connectivity index (χ0) is 19.6. The molecule has 0 spiro atoms. The van der Waals surface area contributed by atoms with Gasteiger partial charge in [-0.05, 0) is 42.5 Å². The van der Waals surface area contributed by atoms with E-state index in [2.05, 4.69) is 16.7 Å². The van der Waals surface area contributed by atoms with E-state index in [0.717, 1.165) is 36.7 Å². The van der Waals surface area contributed by atoms with Crippen LogP contribution in [-0.4, -0.2) is 17.6 Å². The zero-order valence-electron chi connectivity index (χ0n) is 15.3. The summed E-state index contributed by atoms with van der Waals surface area (Å²) in [5.74, 6) is -1.53. The van der Waals surface area contributed by atoms with Gasteiger partial charge in [-0.25, -0.2) is 0 Å². The largest absolute Gasteiger partial charge is 0.325 e. The number of nitriles is 2. The first-order valence-electron chi connectivity index (χ1n) is 8.76. The molecule has 1 aromatic rings. The van der Waals surface area contributed by atoms with E-state index < -0.39 is 17.2 Å². The second-order valence-electron chi connectivity index (χ2n) is 7.26. The molecular weight excluding hydrogens is 360 g/mol. The summed E-state index contributed by atoms with van der Waals surface area (Å²) < 4.78 is 0. The second kappa shape index (κ2) is 7.46. The summed E-state index contributed by atoms with van der Waals surface area (Å²) >= 11 is 1.11. The first-order chi connectivity index (χ1) is 12.9. The smallest absolute Gasteiger partial charge is 0.243 e. The Bertz CT molecular complexity index is 921. The number of aryl methyl sites for hydroxylation is 2. The third-order valence-electron chi connectivity index (χ3n) is 5.06. The highest BCUT2D eigenvalue weighted by atomic mass is 32.2. The van der Waals surface area contributed by atoms with Crippen LogP contribution in [0.1, 0.15) is 31.4 Å². The lowest BCUT2D eigenvalue weighted by Crippen LogP contribution is -2.44. The Morgan fingerprint density at radius 2 is 2.07 bits per heavy atom. The molecule has 2 amide bonds. The molecule has 1 aliphatic carbocycles. The molecule has 1 heterocycles. The fraction of sp³-hybridized carbons (Fsp3) is 0.400. The second-order valence-corrected chi connectivity index (χ2v) is 8.25. The summed E-state index contributed by atoms with van der Waals surface area (Å²) in [7, 11) is 0. The molecule has 0 bridgehead atoms. The minimum atomic E-state index is -0.934. The van der Waals surface area contributed by atoms with Gasteiger partial charge < -0.3 is 10.6 Å². The van der Waals surface area contributed by atoms with Crippen molar-refractivity contribution in [3.05, 3.63) is 39.9 Å². The minimum Gasteiger partial charge on any atom is -0.325 e. The minimum absolute atomic E-state index is 0.0607. The number of carbonyl (C=O) groups is 2. The number of rotatable bonds is 4. The molecule has 2 N–H and O–H groups in total. The maximum atomic E-state index is 12.3. The van der Waals surface area contributed by atoms with Crippen molar-refractivity contribution in [1.82, 2.24) is 5.32 Å². The highest BCUT2D eigenvalue weighted by Crippen LogP contribution is 2.41. The van der Waals surface area contributed by atoms with Crippen LogP contribution in [0.3, 0.4) is 0 Å². The van der Waals surface area contributed by atoms with E-state index in [-0.39, 0.29) is 11.7 Å². The molecule has 6 nitrogen and oxygen atoms in total. The highest BCUT2D eigenvalue weighted by molar-refractivity contribution is 8.03. The Kier molecular flexibility index (Phi) is 5.25. The number of nitrogens with zero attached hydrogens (tertiary/aromatic N) is 2. The van der Waals surface area contributed by atoms with E-state index in [9.17, 15) is 20.1 Å². The quantitative estimate of drug-likeness (QED) is 0.835. The van der Waals surface area contributed by atoms with Crippen LogP contribution < -0.4 is 10.6 Å². The van der Waals surface area contributed by atoms with Gasteiger partial charge in [0.05, 0.1) is 28.5 Å². The van der Waals surface area contributed by atoms with Crippen molar-refractivity contribution in [2.45, 2.75) is 33.1 Å². The summed E-state index contributed by atoms with van der Waals surface area (Å²) in [4.78, 5) is 24.5. The Balaban J connectivity index is 1.69. The molecule has 7 heteroatoms. The molecule has 1 aromatic carbocycles. The Morgan fingerprint density at radius 1 is 1.33 bits per heavy atom. The Labute approximate surface area is 162 Å². The summed E-state index contributed by atoms with van der Waals surface area (Å²) in [6.45, 7) is 3.40. The number of thioether (sulfide) groups is 1. The van der Waals surface area contributed by atoms with Crippen LogP contribution in [0.25, 0.3) is 0 Å². The van der Waals surface area contributed by atoms with Crippen molar-refractivity contribution >= 4 is 29.3 Å². The molecule has 27 heavy (non-hydrogen) atoms. The number of hydrogen-bond donors (Lipinski definition) is 2. The molecular formula is C20H20N4O2S. The zero-order valence-corrected chi connectivity index (χ0v) is 16.1. The van der Waals surface area contributed by atoms with E-state index in [4.69, 9.17) is 0 Å². The Morgan fingerprint density at radius 3 is 2.78 bits per heavy atom. The third-order valence-corrected chi connectivity index (χ3v) is 6.06. The first kappa shape index (κ1) is 19.0. The monoisotopic (exact) mass is 380 g/mol. The number of carbonyl (C=O) groups excluding carboxylic acids is 2. The van der Waals surface area contributed by atoms with Crippen LogP contribution in [0.4, 0.5) is 5.69 Å². The van der Waals surface area contributed by atoms with E-state index in [1.54, 1.807) is 13.8 Å². The molecule has 0 aromatic heterocycles. The number of anilines is 1. The summed E-state index contributed by atoms with van der Waals surface area (Å²) in [6, 6.07) is 10.0. The maximum absolute atomic E-state index is 12.3. The molecule has 0 radical (unpaired) electrons. The lowest BCUT2D eigenvalue weighted by molar-refractivity contribution is -0.125. The number of nitrogens with one attached hydrogen (secondary N) is 2. The van der Waals surface area contributed by atoms with Crippen molar-refractivity contribution in [2.24, 2.45) is 11.3 Å². The number of amides is 2. The predicted molar refractivity (Wildman–Crippen MR) is 103 cm³/mol. The van der Waals surface area contributed by atoms with Crippen LogP contribution in [-0.2, 0) is 22.4 Å². The fourth-order valence-electron chi connectivity index (χ4n) is 3.52. The number of benzene rings is 1. The molecule has 1 atom stereocenters. The van der Waals surface area contributed by atoms with Gasteiger partial charge >= 0.3 is 0 Å². The summed E-state index contributed by atoms with van der Waals surface area (Å²) in [6.07, 6.45) is 3.27. The van der Waals surface area contributed by atoms with Crippen LogP contribution in [0, 0.1) is 34.0 Å². The molecule has 0 saturated carbocycles. The lowest BCUT2D eigenvalue weighted by atomic mass is 9.72. The van der Waals surface area contributed by atoms with Gasteiger partial charge in [0.2, 0.25) is 11.8 Å². The van der Waals surface area contributed by atoms with Gasteiger partial charge in [0.25, 0.3) is 0 Å². The van der Waals surface area contributed by atoms with Gasteiger partial charge in [-0.1, -0.05) is 31.7 Å². The maximum Gasteiger partial charge on any atom is 0.243 e. The van der Waals surface area contributed by atoms with Crippen molar-refractivity contribution in [3.8, 4) is 12.1 Å². The SMILES string of the molecule is CC1(C)C(C#N)=C(SCC(=O)Nc2ccc3c(c2)CCC3)NC(=O)[C@H]1C#N. The van der Waals surface area contributed by atoms with Crippen LogP contribution >= 0.6 is 11.8 Å². The molecule has 138 valence electrons. The average Bonchev–Trinajstić information content (AvgIpc) is 3.07. The molecule has 0 unspecified atom stereocenters. The van der Waals surface area contributed by atoms with Gasteiger partial charge in [0, 0.05) is 11.1 Å². The van der Waals surface area contributed by atoms with Crippen molar-refractivity contribution in [2.75, 3.05) is 11.1 Å². The highest BCUT2D eigenvalue weighted by Gasteiger charge is 2.44. The molecule has 2 aliphatic rings. The topological polar surface area (TPSA) is 106 Å².